The SMILES string of the molecule is COC(=O)CN(C(=O)CC(C)N)C(C)C. The second-order valence-corrected chi connectivity index (χ2v) is 3.87. The van der Waals surface area contributed by atoms with Crippen molar-refractivity contribution in [1.82, 2.24) is 4.90 Å². The van der Waals surface area contributed by atoms with Crippen LogP contribution in [-0.4, -0.2) is 42.5 Å². The monoisotopic (exact) mass is 216 g/mol. The minimum Gasteiger partial charge on any atom is -0.468 e. The van der Waals surface area contributed by atoms with Gasteiger partial charge in [-0.1, -0.05) is 0 Å². The zero-order valence-corrected chi connectivity index (χ0v) is 9.82. The number of carbonyl (C=O) groups excluding carboxylic acids is 2. The van der Waals surface area contributed by atoms with Crippen molar-refractivity contribution in [3.8, 4) is 0 Å². The van der Waals surface area contributed by atoms with Gasteiger partial charge in [0.2, 0.25) is 5.91 Å². The standard InChI is InChI=1S/C10H20N2O3/c1-7(2)12(6-10(14)15-4)9(13)5-8(3)11/h7-8H,5-6,11H2,1-4H3. The lowest BCUT2D eigenvalue weighted by atomic mass is 10.2. The molecule has 0 aromatic heterocycles. The first-order valence-corrected chi connectivity index (χ1v) is 5.00. The molecule has 5 nitrogen and oxygen atoms in total. The van der Waals surface area contributed by atoms with Gasteiger partial charge < -0.3 is 15.4 Å². The number of hydrogen-bond acceptors (Lipinski definition) is 4. The molecule has 0 heterocycles. The van der Waals surface area contributed by atoms with Crippen molar-refractivity contribution >= 4 is 11.9 Å². The quantitative estimate of drug-likeness (QED) is 0.663. The smallest absolute Gasteiger partial charge is 0.325 e. The molecule has 0 aromatic carbocycles. The normalized spacial score (nSPS) is 12.4. The molecule has 0 fully saturated rings. The van der Waals surface area contributed by atoms with Crippen LogP contribution in [0.4, 0.5) is 0 Å². The summed E-state index contributed by atoms with van der Waals surface area (Å²) in [6.45, 7) is 5.44. The Hall–Kier alpha value is -1.10. The van der Waals surface area contributed by atoms with Gasteiger partial charge in [0, 0.05) is 18.5 Å². The van der Waals surface area contributed by atoms with Gasteiger partial charge in [-0.25, -0.2) is 0 Å². The molecule has 1 unspecified atom stereocenters. The summed E-state index contributed by atoms with van der Waals surface area (Å²) in [7, 11) is 1.30. The van der Waals surface area contributed by atoms with Crippen LogP contribution in [0.3, 0.4) is 0 Å². The van der Waals surface area contributed by atoms with Gasteiger partial charge >= 0.3 is 5.97 Å². The first kappa shape index (κ1) is 13.9. The molecule has 5 heteroatoms. The number of nitrogens with zero attached hydrogens (tertiary/aromatic N) is 1. The predicted molar refractivity (Wildman–Crippen MR) is 57.1 cm³/mol. The average Bonchev–Trinajstić information content (AvgIpc) is 2.11. The molecular weight excluding hydrogens is 196 g/mol. The van der Waals surface area contributed by atoms with Crippen molar-refractivity contribution in [1.29, 1.82) is 0 Å². The van der Waals surface area contributed by atoms with E-state index >= 15 is 0 Å². The highest BCUT2D eigenvalue weighted by Crippen LogP contribution is 2.03. The van der Waals surface area contributed by atoms with Crippen molar-refractivity contribution in [2.24, 2.45) is 5.73 Å². The van der Waals surface area contributed by atoms with Gasteiger partial charge in [0.25, 0.3) is 0 Å². The summed E-state index contributed by atoms with van der Waals surface area (Å²) in [5.74, 6) is -0.535. The maximum absolute atomic E-state index is 11.7. The van der Waals surface area contributed by atoms with Crippen molar-refractivity contribution in [2.45, 2.75) is 39.3 Å². The molecule has 15 heavy (non-hydrogen) atoms. The van der Waals surface area contributed by atoms with Gasteiger partial charge in [-0.05, 0) is 20.8 Å². The third kappa shape index (κ3) is 5.37. The molecule has 0 aliphatic carbocycles. The third-order valence-electron chi connectivity index (χ3n) is 1.97. The number of amides is 1. The lowest BCUT2D eigenvalue weighted by Gasteiger charge is -2.26. The first-order valence-electron chi connectivity index (χ1n) is 5.00. The summed E-state index contributed by atoms with van der Waals surface area (Å²) >= 11 is 0. The molecule has 0 aliphatic rings. The Balaban J connectivity index is 4.39. The summed E-state index contributed by atoms with van der Waals surface area (Å²) < 4.78 is 4.52. The summed E-state index contributed by atoms with van der Waals surface area (Å²) in [5, 5.41) is 0. The molecule has 0 rings (SSSR count). The summed E-state index contributed by atoms with van der Waals surface area (Å²) in [4.78, 5) is 24.2. The fraction of sp³-hybridized carbons (Fsp3) is 0.800. The van der Waals surface area contributed by atoms with Crippen molar-refractivity contribution < 1.29 is 14.3 Å². The number of rotatable bonds is 5. The fourth-order valence-electron chi connectivity index (χ4n) is 1.16. The first-order chi connectivity index (χ1) is 6.88. The van der Waals surface area contributed by atoms with E-state index in [4.69, 9.17) is 5.73 Å². The van der Waals surface area contributed by atoms with Crippen molar-refractivity contribution in [2.75, 3.05) is 13.7 Å². The van der Waals surface area contributed by atoms with Crippen LogP contribution >= 0.6 is 0 Å². The van der Waals surface area contributed by atoms with Crippen LogP contribution in [-0.2, 0) is 14.3 Å². The largest absolute Gasteiger partial charge is 0.468 e. The van der Waals surface area contributed by atoms with E-state index in [2.05, 4.69) is 4.74 Å². The van der Waals surface area contributed by atoms with Gasteiger partial charge in [0.1, 0.15) is 6.54 Å². The number of esters is 1. The topological polar surface area (TPSA) is 72.6 Å². The van der Waals surface area contributed by atoms with Crippen LogP contribution in [0.2, 0.25) is 0 Å². The molecule has 1 atom stereocenters. The van der Waals surface area contributed by atoms with E-state index in [1.807, 2.05) is 13.8 Å². The second-order valence-electron chi connectivity index (χ2n) is 3.87. The van der Waals surface area contributed by atoms with E-state index < -0.39 is 5.97 Å². The molecule has 0 spiro atoms. The lowest BCUT2D eigenvalue weighted by Crippen LogP contribution is -2.42. The average molecular weight is 216 g/mol. The number of carbonyl (C=O) groups is 2. The highest BCUT2D eigenvalue weighted by Gasteiger charge is 2.20. The molecule has 88 valence electrons. The van der Waals surface area contributed by atoms with Crippen LogP contribution in [0.5, 0.6) is 0 Å². The van der Waals surface area contributed by atoms with E-state index in [1.54, 1.807) is 6.92 Å². The molecule has 0 radical (unpaired) electrons. The molecular formula is C10H20N2O3. The number of ether oxygens (including phenoxy) is 1. The molecule has 0 saturated heterocycles. The number of methoxy groups -OCH3 is 1. The van der Waals surface area contributed by atoms with E-state index in [9.17, 15) is 9.59 Å². The van der Waals surface area contributed by atoms with Gasteiger partial charge in [-0.2, -0.15) is 0 Å². The zero-order chi connectivity index (χ0) is 12.0. The Labute approximate surface area is 90.6 Å². The number of hydrogen-bond donors (Lipinski definition) is 1. The Morgan fingerprint density at radius 1 is 1.33 bits per heavy atom. The maximum Gasteiger partial charge on any atom is 0.325 e. The highest BCUT2D eigenvalue weighted by atomic mass is 16.5. The van der Waals surface area contributed by atoms with Crippen LogP contribution < -0.4 is 5.73 Å². The van der Waals surface area contributed by atoms with Crippen molar-refractivity contribution in [3.05, 3.63) is 0 Å². The minimum atomic E-state index is -0.415. The lowest BCUT2D eigenvalue weighted by molar-refractivity contribution is -0.148. The van der Waals surface area contributed by atoms with Gasteiger partial charge in [-0.15, -0.1) is 0 Å². The summed E-state index contributed by atoms with van der Waals surface area (Å²) in [6.07, 6.45) is 0.245. The van der Waals surface area contributed by atoms with Crippen LogP contribution in [0.15, 0.2) is 0 Å². The summed E-state index contributed by atoms with van der Waals surface area (Å²) in [5.41, 5.74) is 5.53. The Morgan fingerprint density at radius 2 is 1.87 bits per heavy atom. The predicted octanol–water partition coefficient (Wildman–Crippen LogP) is 0.134. The Kier molecular flexibility index (Phi) is 5.93. The molecule has 0 saturated carbocycles. The maximum atomic E-state index is 11.7. The zero-order valence-electron chi connectivity index (χ0n) is 9.82. The Morgan fingerprint density at radius 3 is 2.20 bits per heavy atom. The fourth-order valence-corrected chi connectivity index (χ4v) is 1.16. The van der Waals surface area contributed by atoms with Crippen molar-refractivity contribution in [3.63, 3.8) is 0 Å². The van der Waals surface area contributed by atoms with Gasteiger partial charge in [0.05, 0.1) is 7.11 Å². The van der Waals surface area contributed by atoms with E-state index in [0.29, 0.717) is 0 Å². The third-order valence-corrected chi connectivity index (χ3v) is 1.97. The van der Waals surface area contributed by atoms with Gasteiger partial charge in [0.15, 0.2) is 0 Å². The molecule has 0 aliphatic heterocycles. The van der Waals surface area contributed by atoms with Crippen LogP contribution in [0.1, 0.15) is 27.2 Å². The molecule has 0 bridgehead atoms. The van der Waals surface area contributed by atoms with E-state index in [0.717, 1.165) is 0 Å². The molecule has 1 amide bonds. The van der Waals surface area contributed by atoms with Crippen LogP contribution in [0.25, 0.3) is 0 Å². The molecule has 2 N–H and O–H groups in total. The Bertz CT molecular complexity index is 227. The highest BCUT2D eigenvalue weighted by molar-refractivity contribution is 5.82. The molecule has 0 aromatic rings. The van der Waals surface area contributed by atoms with E-state index in [1.165, 1.54) is 12.0 Å². The second kappa shape index (κ2) is 6.40. The minimum absolute atomic E-state index is 0.0142. The van der Waals surface area contributed by atoms with Crippen LogP contribution in [0, 0.1) is 0 Å². The summed E-state index contributed by atoms with van der Waals surface area (Å²) in [6, 6.07) is -0.230. The van der Waals surface area contributed by atoms with E-state index in [-0.39, 0.29) is 31.0 Å². The van der Waals surface area contributed by atoms with Gasteiger partial charge in [-0.3, -0.25) is 9.59 Å². The number of nitrogens with two attached hydrogens (primary N) is 1.